The molecule has 0 aromatic heterocycles. The van der Waals surface area contributed by atoms with E-state index in [9.17, 15) is 18.0 Å². The third-order valence-electron chi connectivity index (χ3n) is 8.43. The maximum absolute atomic E-state index is 12.8. The van der Waals surface area contributed by atoms with Crippen molar-refractivity contribution in [2.24, 2.45) is 0 Å². The molecular weight excluding hydrogens is 575 g/mol. The van der Waals surface area contributed by atoms with E-state index < -0.39 is 12.1 Å². The summed E-state index contributed by atoms with van der Waals surface area (Å²) in [7, 11) is 3.37. The van der Waals surface area contributed by atoms with Gasteiger partial charge in [-0.05, 0) is 61.1 Å². The Kier molecular flexibility index (Phi) is 10.7. The molecule has 3 atom stereocenters. The smallest absolute Gasteiger partial charge is 0.490 e. The number of hydrogen-bond donors (Lipinski definition) is 3. The number of alkyl halides is 3. The molecule has 0 bridgehead atoms. The Hall–Kier alpha value is -4.25. The van der Waals surface area contributed by atoms with Crippen LogP contribution in [0.15, 0.2) is 78.9 Å². The number of carbonyl (C=O) groups excluding carboxylic acids is 1. The van der Waals surface area contributed by atoms with Crippen molar-refractivity contribution in [3.63, 3.8) is 0 Å². The zero-order chi connectivity index (χ0) is 31.7. The van der Waals surface area contributed by atoms with Gasteiger partial charge in [0.05, 0.1) is 14.2 Å². The van der Waals surface area contributed by atoms with E-state index in [0.29, 0.717) is 12.6 Å². The molecule has 1 heterocycles. The number of urea groups is 1. The summed E-state index contributed by atoms with van der Waals surface area (Å²) in [6.45, 7) is 2.47. The number of halogens is 3. The van der Waals surface area contributed by atoms with Gasteiger partial charge in [-0.25, -0.2) is 9.59 Å². The molecule has 1 aliphatic carbocycles. The Balaban J connectivity index is 0.000000566. The van der Waals surface area contributed by atoms with Crippen LogP contribution in [0.25, 0.3) is 0 Å². The fourth-order valence-corrected chi connectivity index (χ4v) is 6.28. The molecular formula is C33H38F3N3O5. The van der Waals surface area contributed by atoms with Gasteiger partial charge in [-0.1, -0.05) is 66.7 Å². The number of carbonyl (C=O) groups is 2. The fraction of sp³-hybridized carbons (Fsp3) is 0.394. The average molecular weight is 614 g/mol. The molecule has 236 valence electrons. The van der Waals surface area contributed by atoms with Gasteiger partial charge >= 0.3 is 18.2 Å². The van der Waals surface area contributed by atoms with E-state index in [1.807, 2.05) is 36.4 Å². The molecule has 2 fully saturated rings. The summed E-state index contributed by atoms with van der Waals surface area (Å²) < 4.78 is 42.9. The third kappa shape index (κ3) is 8.02. The van der Waals surface area contributed by atoms with Gasteiger partial charge < -0.3 is 25.2 Å². The van der Waals surface area contributed by atoms with Crippen molar-refractivity contribution in [1.29, 1.82) is 0 Å². The Bertz CT molecular complexity index is 1390. The van der Waals surface area contributed by atoms with Crippen LogP contribution in [0.4, 0.5) is 18.0 Å². The number of nitrogens with one attached hydrogen (secondary N) is 2. The number of ether oxygens (including phenoxy) is 2. The van der Waals surface area contributed by atoms with Gasteiger partial charge in [0.2, 0.25) is 0 Å². The van der Waals surface area contributed by atoms with Crippen molar-refractivity contribution in [3.8, 4) is 11.5 Å². The zero-order valence-corrected chi connectivity index (χ0v) is 24.8. The number of methoxy groups -OCH3 is 2. The minimum Gasteiger partial charge on any atom is -0.493 e. The molecule has 3 aromatic carbocycles. The van der Waals surface area contributed by atoms with Gasteiger partial charge in [0, 0.05) is 30.6 Å². The maximum Gasteiger partial charge on any atom is 0.490 e. The second kappa shape index (κ2) is 14.5. The Labute approximate surface area is 255 Å². The molecule has 3 aromatic rings. The minimum atomic E-state index is -5.08. The molecule has 11 heteroatoms. The second-order valence-corrected chi connectivity index (χ2v) is 11.0. The van der Waals surface area contributed by atoms with Crippen molar-refractivity contribution in [2.75, 3.05) is 20.8 Å². The van der Waals surface area contributed by atoms with Gasteiger partial charge in [0.1, 0.15) is 0 Å². The predicted molar refractivity (Wildman–Crippen MR) is 160 cm³/mol. The van der Waals surface area contributed by atoms with Crippen LogP contribution in [-0.2, 0) is 23.3 Å². The van der Waals surface area contributed by atoms with Crippen molar-refractivity contribution in [2.45, 2.75) is 62.4 Å². The standard InChI is InChI=1S/C31H37N3O3.C2HF3O2/c1-36-27-14-13-25(19-28(27)37-2)31-16-15-26(33-30(35)32-21-23-9-5-3-6-10-23)20-29(31)34(18-17-31)22-24-11-7-4-8-12-24;3-2(4,5)1(6)7/h3-14,19,26,29H,15-18,20-22H2,1-2H3,(H2,32,33,35);(H,6,7)/t26-,29+,31+;/m1./s1. The highest BCUT2D eigenvalue weighted by Gasteiger charge is 2.51. The summed E-state index contributed by atoms with van der Waals surface area (Å²) in [6, 6.07) is 27.5. The number of benzene rings is 3. The summed E-state index contributed by atoms with van der Waals surface area (Å²) in [5, 5.41) is 13.4. The quantitative estimate of drug-likeness (QED) is 0.293. The molecule has 1 saturated heterocycles. The van der Waals surface area contributed by atoms with Crippen LogP contribution in [0.5, 0.6) is 11.5 Å². The van der Waals surface area contributed by atoms with Crippen LogP contribution in [0.3, 0.4) is 0 Å². The van der Waals surface area contributed by atoms with Gasteiger partial charge in [0.25, 0.3) is 0 Å². The van der Waals surface area contributed by atoms with Crippen LogP contribution in [0.2, 0.25) is 0 Å². The lowest BCUT2D eigenvalue weighted by atomic mass is 9.65. The van der Waals surface area contributed by atoms with Crippen LogP contribution in [-0.4, -0.2) is 61.0 Å². The number of carboxylic acid groups (broad SMARTS) is 1. The van der Waals surface area contributed by atoms with Gasteiger partial charge in [0.15, 0.2) is 11.5 Å². The number of rotatable bonds is 8. The first-order chi connectivity index (χ1) is 21.1. The summed E-state index contributed by atoms with van der Waals surface area (Å²) in [5.74, 6) is -1.23. The minimum absolute atomic E-state index is 0.0209. The van der Waals surface area contributed by atoms with E-state index in [1.54, 1.807) is 14.2 Å². The molecule has 44 heavy (non-hydrogen) atoms. The normalized spacial score (nSPS) is 21.3. The molecule has 5 rings (SSSR count). The highest BCUT2D eigenvalue weighted by atomic mass is 19.4. The Morgan fingerprint density at radius 2 is 1.55 bits per heavy atom. The summed E-state index contributed by atoms with van der Waals surface area (Å²) in [5.41, 5.74) is 3.74. The van der Waals surface area contributed by atoms with E-state index in [-0.39, 0.29) is 17.5 Å². The van der Waals surface area contributed by atoms with Crippen LogP contribution in [0, 0.1) is 0 Å². The number of hydrogen-bond acceptors (Lipinski definition) is 5. The molecule has 2 amide bonds. The monoisotopic (exact) mass is 613 g/mol. The number of carboxylic acids is 1. The molecule has 0 unspecified atom stereocenters. The molecule has 1 saturated carbocycles. The largest absolute Gasteiger partial charge is 0.493 e. The van der Waals surface area contributed by atoms with E-state index in [2.05, 4.69) is 58.0 Å². The van der Waals surface area contributed by atoms with Gasteiger partial charge in [-0.3, -0.25) is 4.90 Å². The zero-order valence-electron chi connectivity index (χ0n) is 24.8. The second-order valence-electron chi connectivity index (χ2n) is 11.0. The first-order valence-electron chi connectivity index (χ1n) is 14.4. The topological polar surface area (TPSA) is 100 Å². The van der Waals surface area contributed by atoms with Crippen LogP contribution < -0.4 is 20.1 Å². The van der Waals surface area contributed by atoms with Gasteiger partial charge in [-0.15, -0.1) is 0 Å². The van der Waals surface area contributed by atoms with E-state index in [0.717, 1.165) is 55.8 Å². The lowest BCUT2D eigenvalue weighted by molar-refractivity contribution is -0.192. The van der Waals surface area contributed by atoms with Crippen LogP contribution >= 0.6 is 0 Å². The summed E-state index contributed by atoms with van der Waals surface area (Å²) in [6.07, 6.45) is -1.11. The van der Waals surface area contributed by atoms with Crippen molar-refractivity contribution in [1.82, 2.24) is 15.5 Å². The highest BCUT2D eigenvalue weighted by molar-refractivity contribution is 5.74. The maximum atomic E-state index is 12.8. The summed E-state index contributed by atoms with van der Waals surface area (Å²) in [4.78, 5) is 24.3. The predicted octanol–water partition coefficient (Wildman–Crippen LogP) is 5.90. The Morgan fingerprint density at radius 1 is 0.932 bits per heavy atom. The number of likely N-dealkylation sites (tertiary alicyclic amines) is 1. The number of fused-ring (bicyclic) bond motifs is 1. The fourth-order valence-electron chi connectivity index (χ4n) is 6.28. The average Bonchev–Trinajstić information content (AvgIpc) is 3.39. The third-order valence-corrected chi connectivity index (χ3v) is 8.43. The van der Waals surface area contributed by atoms with Crippen molar-refractivity contribution >= 4 is 12.0 Å². The first kappa shape index (κ1) is 32.7. The number of nitrogens with zero attached hydrogens (tertiary/aromatic N) is 1. The SMILES string of the molecule is COc1ccc([C@@]23CC[C@@H](NC(=O)NCc4ccccc4)C[C@@H]2N(Cc2ccccc2)CC3)cc1OC.O=C(O)C(F)(F)F. The lowest BCUT2D eigenvalue weighted by Crippen LogP contribution is -2.53. The van der Waals surface area contributed by atoms with Crippen LogP contribution in [0.1, 0.15) is 42.4 Å². The van der Waals surface area contributed by atoms with Gasteiger partial charge in [-0.2, -0.15) is 13.2 Å². The molecule has 3 N–H and O–H groups in total. The van der Waals surface area contributed by atoms with Crippen molar-refractivity contribution in [3.05, 3.63) is 95.6 Å². The highest BCUT2D eigenvalue weighted by Crippen LogP contribution is 2.50. The number of aliphatic carboxylic acids is 1. The first-order valence-corrected chi connectivity index (χ1v) is 14.4. The number of amides is 2. The Morgan fingerprint density at radius 3 is 2.14 bits per heavy atom. The molecule has 0 radical (unpaired) electrons. The molecule has 0 spiro atoms. The van der Waals surface area contributed by atoms with E-state index in [1.165, 1.54) is 11.1 Å². The lowest BCUT2D eigenvalue weighted by Gasteiger charge is -2.45. The molecule has 2 aliphatic rings. The molecule has 1 aliphatic heterocycles. The summed E-state index contributed by atoms with van der Waals surface area (Å²) >= 11 is 0. The van der Waals surface area contributed by atoms with E-state index in [4.69, 9.17) is 19.4 Å². The molecule has 8 nitrogen and oxygen atoms in total. The van der Waals surface area contributed by atoms with E-state index >= 15 is 0 Å². The van der Waals surface area contributed by atoms with Crippen molar-refractivity contribution < 1.29 is 37.3 Å².